The first-order valence-corrected chi connectivity index (χ1v) is 17.2. The van der Waals surface area contributed by atoms with Gasteiger partial charge >= 0.3 is 19.8 Å². The Bertz CT molecular complexity index is 992. The highest BCUT2D eigenvalue weighted by molar-refractivity contribution is 7.47. The summed E-state index contributed by atoms with van der Waals surface area (Å²) in [6.07, 6.45) is 31.4. The lowest BCUT2D eigenvalue weighted by atomic mass is 10.2. The molecule has 2 unspecified atom stereocenters. The number of carbonyl (C=O) groups excluding carboxylic acids is 2. The highest BCUT2D eigenvalue weighted by Gasteiger charge is 2.26. The molecule has 2 atom stereocenters. The van der Waals surface area contributed by atoms with E-state index in [2.05, 4.69) is 67.7 Å². The Morgan fingerprint density at radius 1 is 0.705 bits per heavy atom. The molecule has 0 rings (SSSR count). The fourth-order valence-corrected chi connectivity index (χ4v) is 4.05. The van der Waals surface area contributed by atoms with Gasteiger partial charge in [0.25, 0.3) is 0 Å². The number of hydrogen-bond donors (Lipinski definition) is 1. The zero-order valence-corrected chi connectivity index (χ0v) is 28.5. The monoisotopic (exact) mass is 638 g/mol. The maximum Gasteiger partial charge on any atom is 0.472 e. The van der Waals surface area contributed by atoms with Crippen molar-refractivity contribution >= 4 is 19.8 Å². The molecular weight excluding hydrogens is 581 g/mol. The summed E-state index contributed by atoms with van der Waals surface area (Å²) in [5, 5.41) is 0. The molecule has 10 heteroatoms. The summed E-state index contributed by atoms with van der Waals surface area (Å²) < 4.78 is 33.3. The molecule has 0 bridgehead atoms. The summed E-state index contributed by atoms with van der Waals surface area (Å²) in [5.74, 6) is -0.971. The molecule has 0 aliphatic carbocycles. The molecule has 0 saturated heterocycles. The van der Waals surface area contributed by atoms with Crippen LogP contribution in [-0.2, 0) is 32.7 Å². The van der Waals surface area contributed by atoms with Crippen molar-refractivity contribution < 1.29 is 42.1 Å². The number of hydrogen-bond acceptors (Lipinski definition) is 7. The number of nitrogens with zero attached hydrogens (tertiary/aromatic N) is 1. The molecular formula is C34H57NO8P+. The Morgan fingerprint density at radius 3 is 1.68 bits per heavy atom. The molecule has 9 nitrogen and oxygen atoms in total. The van der Waals surface area contributed by atoms with Crippen molar-refractivity contribution in [1.29, 1.82) is 0 Å². The van der Waals surface area contributed by atoms with E-state index < -0.39 is 32.5 Å². The summed E-state index contributed by atoms with van der Waals surface area (Å²) >= 11 is 0. The molecule has 0 fully saturated rings. The molecule has 0 aromatic rings. The lowest BCUT2D eigenvalue weighted by molar-refractivity contribution is -0.870. The number of ether oxygens (including phenoxy) is 2. The van der Waals surface area contributed by atoms with Crippen molar-refractivity contribution in [3.8, 4) is 0 Å². The topological polar surface area (TPSA) is 108 Å². The van der Waals surface area contributed by atoms with Crippen molar-refractivity contribution in [3.63, 3.8) is 0 Å². The summed E-state index contributed by atoms with van der Waals surface area (Å²) in [7, 11) is 1.41. The van der Waals surface area contributed by atoms with Gasteiger partial charge in [-0.1, -0.05) is 86.8 Å². The molecule has 0 aromatic heterocycles. The summed E-state index contributed by atoms with van der Waals surface area (Å²) in [6.45, 7) is 3.77. The molecule has 0 heterocycles. The minimum atomic E-state index is -4.36. The van der Waals surface area contributed by atoms with E-state index in [0.29, 0.717) is 23.9 Å². The van der Waals surface area contributed by atoms with Crippen molar-refractivity contribution in [2.45, 2.75) is 84.2 Å². The van der Waals surface area contributed by atoms with Gasteiger partial charge in [0.15, 0.2) is 6.10 Å². The maximum atomic E-state index is 12.4. The van der Waals surface area contributed by atoms with E-state index in [1.807, 2.05) is 40.2 Å². The standard InChI is InChI=1S/C34H56NO8P/c1-6-8-9-10-11-12-13-14-15-16-17-18-19-20-21-22-23-24-25-27-34(37)43-32(30-40-33(36)26-7-2)31-42-44(38,39)41-29-28-35(3,4)5/h8-9,11-12,14-15,17-18,20-21,23-24,32H,6-7,10,13,16,19,22,25-31H2,1-5H3/p+1/b9-8-,12-11-,15-14-,18-17-,21-20-,24-23-. The average Bonchev–Trinajstić information content (AvgIpc) is 2.95. The third-order valence-corrected chi connectivity index (χ3v) is 6.72. The van der Waals surface area contributed by atoms with Crippen LogP contribution in [0.5, 0.6) is 0 Å². The minimum absolute atomic E-state index is 0.0131. The second-order valence-electron chi connectivity index (χ2n) is 11.1. The van der Waals surface area contributed by atoms with Crippen LogP contribution in [-0.4, -0.2) is 74.9 Å². The molecule has 0 spiro atoms. The molecule has 0 amide bonds. The van der Waals surface area contributed by atoms with Gasteiger partial charge in [-0.2, -0.15) is 0 Å². The zero-order valence-electron chi connectivity index (χ0n) is 27.6. The molecule has 0 saturated carbocycles. The normalized spacial score (nSPS) is 15.0. The fourth-order valence-electron chi connectivity index (χ4n) is 3.31. The molecule has 0 aliphatic rings. The van der Waals surface area contributed by atoms with E-state index in [0.717, 1.165) is 38.5 Å². The van der Waals surface area contributed by atoms with Gasteiger partial charge in [0, 0.05) is 12.8 Å². The average molecular weight is 639 g/mol. The van der Waals surface area contributed by atoms with Gasteiger partial charge in [-0.3, -0.25) is 18.6 Å². The van der Waals surface area contributed by atoms with Gasteiger partial charge in [0.05, 0.1) is 27.7 Å². The molecule has 1 N–H and O–H groups in total. The first-order valence-electron chi connectivity index (χ1n) is 15.7. The van der Waals surface area contributed by atoms with Crippen molar-refractivity contribution in [2.24, 2.45) is 0 Å². The molecule has 0 aliphatic heterocycles. The third kappa shape index (κ3) is 29.5. The van der Waals surface area contributed by atoms with E-state index in [1.165, 1.54) is 0 Å². The van der Waals surface area contributed by atoms with Crippen molar-refractivity contribution in [1.82, 2.24) is 0 Å². The second kappa shape index (κ2) is 26.8. The lowest BCUT2D eigenvalue weighted by Gasteiger charge is -2.24. The Kier molecular flexibility index (Phi) is 25.3. The van der Waals surface area contributed by atoms with Crippen LogP contribution in [0.4, 0.5) is 0 Å². The Hall–Kier alpha value is -2.55. The van der Waals surface area contributed by atoms with Crippen LogP contribution in [0.15, 0.2) is 72.9 Å². The smallest absolute Gasteiger partial charge is 0.462 e. The van der Waals surface area contributed by atoms with Gasteiger partial charge in [0.2, 0.25) is 0 Å². The SMILES string of the molecule is CC/C=C\C/C=C\C/C=C\C/C=C\C/C=C\C/C=C\CCC(=O)OC(COC(=O)CCC)COP(=O)(O)OCC[N+](C)(C)C. The van der Waals surface area contributed by atoms with Gasteiger partial charge in [-0.05, 0) is 51.4 Å². The van der Waals surface area contributed by atoms with E-state index >= 15 is 0 Å². The Labute approximate surface area is 266 Å². The summed E-state index contributed by atoms with van der Waals surface area (Å²) in [5.41, 5.74) is 0. The number of esters is 2. The van der Waals surface area contributed by atoms with E-state index in [9.17, 15) is 19.0 Å². The first kappa shape index (κ1) is 41.4. The van der Waals surface area contributed by atoms with E-state index in [1.54, 1.807) is 0 Å². The molecule has 250 valence electrons. The highest BCUT2D eigenvalue weighted by atomic mass is 31.2. The Morgan fingerprint density at radius 2 is 1.20 bits per heavy atom. The predicted molar refractivity (Wildman–Crippen MR) is 178 cm³/mol. The van der Waals surface area contributed by atoms with Crippen LogP contribution in [0.1, 0.15) is 78.1 Å². The molecule has 0 radical (unpaired) electrons. The van der Waals surface area contributed by atoms with Crippen LogP contribution in [0, 0.1) is 0 Å². The number of phosphoric acid groups is 1. The van der Waals surface area contributed by atoms with Gasteiger partial charge in [-0.25, -0.2) is 4.57 Å². The van der Waals surface area contributed by atoms with Gasteiger partial charge < -0.3 is 18.9 Å². The minimum Gasteiger partial charge on any atom is -0.462 e. The van der Waals surface area contributed by atoms with Gasteiger partial charge in [0.1, 0.15) is 19.8 Å². The first-order chi connectivity index (χ1) is 21.0. The molecule has 0 aromatic carbocycles. The number of likely N-dealkylation sites (N-methyl/N-ethyl adjacent to an activating group) is 1. The quantitative estimate of drug-likeness (QED) is 0.0448. The van der Waals surface area contributed by atoms with E-state index in [-0.39, 0.29) is 26.1 Å². The highest BCUT2D eigenvalue weighted by Crippen LogP contribution is 2.43. The van der Waals surface area contributed by atoms with Crippen molar-refractivity contribution in [3.05, 3.63) is 72.9 Å². The van der Waals surface area contributed by atoms with Crippen LogP contribution in [0.25, 0.3) is 0 Å². The van der Waals surface area contributed by atoms with Gasteiger partial charge in [-0.15, -0.1) is 0 Å². The van der Waals surface area contributed by atoms with Crippen molar-refractivity contribution in [2.75, 3.05) is 47.5 Å². The molecule has 44 heavy (non-hydrogen) atoms. The fraction of sp³-hybridized carbons (Fsp3) is 0.588. The number of carbonyl (C=O) groups is 2. The number of quaternary nitrogens is 1. The summed E-state index contributed by atoms with van der Waals surface area (Å²) in [6, 6.07) is 0. The third-order valence-electron chi connectivity index (χ3n) is 5.73. The lowest BCUT2D eigenvalue weighted by Crippen LogP contribution is -2.37. The summed E-state index contributed by atoms with van der Waals surface area (Å²) in [4.78, 5) is 34.1. The van der Waals surface area contributed by atoms with Crippen LogP contribution in [0.3, 0.4) is 0 Å². The number of allylic oxidation sites excluding steroid dienone is 12. The predicted octanol–water partition coefficient (Wildman–Crippen LogP) is 7.56. The number of rotatable bonds is 26. The maximum absolute atomic E-state index is 12.4. The van der Waals surface area contributed by atoms with Crippen LogP contribution >= 0.6 is 7.82 Å². The number of phosphoric ester groups is 1. The largest absolute Gasteiger partial charge is 0.472 e. The van der Waals surface area contributed by atoms with Crippen LogP contribution < -0.4 is 0 Å². The second-order valence-corrected chi connectivity index (χ2v) is 12.6. The van der Waals surface area contributed by atoms with Crippen LogP contribution in [0.2, 0.25) is 0 Å². The Balaban J connectivity index is 4.37. The zero-order chi connectivity index (χ0) is 32.9. The van der Waals surface area contributed by atoms with E-state index in [4.69, 9.17) is 18.5 Å².